The van der Waals surface area contributed by atoms with E-state index in [0.29, 0.717) is 31.0 Å². The maximum absolute atomic E-state index is 12.0. The Morgan fingerprint density at radius 2 is 2.20 bits per heavy atom. The highest BCUT2D eigenvalue weighted by Crippen LogP contribution is 2.40. The Bertz CT molecular complexity index is 563. The van der Waals surface area contributed by atoms with Crippen molar-refractivity contribution in [1.82, 2.24) is 14.3 Å². The minimum atomic E-state index is -3.06. The summed E-state index contributed by atoms with van der Waals surface area (Å²) in [6, 6.07) is 0.300. The number of hydrogen-bond acceptors (Lipinski definition) is 5. The summed E-state index contributed by atoms with van der Waals surface area (Å²) in [5, 5.41) is 3.41. The summed E-state index contributed by atoms with van der Waals surface area (Å²) >= 11 is 0. The molecule has 20 heavy (non-hydrogen) atoms. The molecule has 0 radical (unpaired) electrons. The van der Waals surface area contributed by atoms with Crippen LogP contribution in [0.4, 0.5) is 5.82 Å². The molecule has 0 spiro atoms. The summed E-state index contributed by atoms with van der Waals surface area (Å²) in [5.74, 6) is 1.83. The van der Waals surface area contributed by atoms with Gasteiger partial charge in [0.15, 0.2) is 0 Å². The predicted molar refractivity (Wildman–Crippen MR) is 76.7 cm³/mol. The zero-order valence-electron chi connectivity index (χ0n) is 11.6. The zero-order chi connectivity index (χ0) is 14.2. The average Bonchev–Trinajstić information content (AvgIpc) is 3.03. The summed E-state index contributed by atoms with van der Waals surface area (Å²) in [5.41, 5.74) is 0. The molecule has 1 N–H and O–H groups in total. The van der Waals surface area contributed by atoms with E-state index in [2.05, 4.69) is 15.3 Å². The fourth-order valence-electron chi connectivity index (χ4n) is 3.38. The largest absolute Gasteiger partial charge is 0.366 e. The van der Waals surface area contributed by atoms with Crippen LogP contribution >= 0.6 is 0 Å². The average molecular weight is 296 g/mol. The normalized spacial score (nSPS) is 30.4. The smallest absolute Gasteiger partial charge is 0.213 e. The molecule has 3 rings (SSSR count). The van der Waals surface area contributed by atoms with Crippen LogP contribution in [0.2, 0.25) is 0 Å². The lowest BCUT2D eigenvalue weighted by molar-refractivity contribution is 0.437. The van der Waals surface area contributed by atoms with Crippen LogP contribution in [-0.4, -0.2) is 47.6 Å². The molecular formula is C13H20N4O2S. The fourth-order valence-corrected chi connectivity index (χ4v) is 4.56. The standard InChI is InChI=1S/C13H20N4O2S/c1-2-20(18,19)17-8-10-3-4-12(11(10)9-17)16-13-7-14-5-6-15-13/h5-7,10-12H,2-4,8-9H2,1H3,(H,15,16)/t10-,11+,12-/m1/s1. The van der Waals surface area contributed by atoms with E-state index in [1.165, 1.54) is 0 Å². The van der Waals surface area contributed by atoms with Crippen LogP contribution in [0.25, 0.3) is 0 Å². The number of aromatic nitrogens is 2. The van der Waals surface area contributed by atoms with Crippen molar-refractivity contribution in [3.63, 3.8) is 0 Å². The second-order valence-corrected chi connectivity index (χ2v) is 7.82. The molecule has 1 aliphatic carbocycles. The van der Waals surface area contributed by atoms with Gasteiger partial charge in [-0.2, -0.15) is 0 Å². The Morgan fingerprint density at radius 3 is 2.90 bits per heavy atom. The molecule has 1 aliphatic heterocycles. The molecule has 2 fully saturated rings. The first kappa shape index (κ1) is 13.8. The van der Waals surface area contributed by atoms with Gasteiger partial charge in [-0.05, 0) is 31.6 Å². The van der Waals surface area contributed by atoms with Gasteiger partial charge in [-0.15, -0.1) is 0 Å². The first-order chi connectivity index (χ1) is 9.60. The van der Waals surface area contributed by atoms with Crippen LogP contribution in [0.15, 0.2) is 18.6 Å². The van der Waals surface area contributed by atoms with Crippen molar-refractivity contribution in [2.45, 2.75) is 25.8 Å². The number of hydrogen-bond donors (Lipinski definition) is 1. The third-order valence-electron chi connectivity index (χ3n) is 4.48. The van der Waals surface area contributed by atoms with Crippen LogP contribution in [0.1, 0.15) is 19.8 Å². The van der Waals surface area contributed by atoms with Crippen molar-refractivity contribution in [2.24, 2.45) is 11.8 Å². The molecule has 2 heterocycles. The van der Waals surface area contributed by atoms with Gasteiger partial charge >= 0.3 is 0 Å². The molecular weight excluding hydrogens is 276 g/mol. The Hall–Kier alpha value is -1.21. The quantitative estimate of drug-likeness (QED) is 0.895. The lowest BCUT2D eigenvalue weighted by atomic mass is 9.98. The van der Waals surface area contributed by atoms with E-state index < -0.39 is 10.0 Å². The molecule has 1 saturated heterocycles. The van der Waals surface area contributed by atoms with Gasteiger partial charge in [0, 0.05) is 31.5 Å². The summed E-state index contributed by atoms with van der Waals surface area (Å²) in [6.07, 6.45) is 7.18. The molecule has 7 heteroatoms. The first-order valence-corrected chi connectivity index (χ1v) is 8.71. The van der Waals surface area contributed by atoms with E-state index in [0.717, 1.165) is 18.7 Å². The molecule has 110 valence electrons. The minimum absolute atomic E-state index is 0.189. The Morgan fingerprint density at radius 1 is 1.35 bits per heavy atom. The number of fused-ring (bicyclic) bond motifs is 1. The monoisotopic (exact) mass is 296 g/mol. The Labute approximate surface area is 119 Å². The van der Waals surface area contributed by atoms with Crippen molar-refractivity contribution in [1.29, 1.82) is 0 Å². The van der Waals surface area contributed by atoms with E-state index in [-0.39, 0.29) is 5.75 Å². The number of nitrogens with one attached hydrogen (secondary N) is 1. The lowest BCUT2D eigenvalue weighted by Crippen LogP contribution is -2.34. The summed E-state index contributed by atoms with van der Waals surface area (Å²) in [4.78, 5) is 8.28. The van der Waals surface area contributed by atoms with Gasteiger partial charge in [-0.25, -0.2) is 17.7 Å². The van der Waals surface area contributed by atoms with E-state index >= 15 is 0 Å². The number of sulfonamides is 1. The van der Waals surface area contributed by atoms with E-state index in [1.807, 2.05) is 0 Å². The number of nitrogens with zero attached hydrogens (tertiary/aromatic N) is 3. The molecule has 0 unspecified atom stereocenters. The Balaban J connectivity index is 1.69. The van der Waals surface area contributed by atoms with Crippen LogP contribution in [-0.2, 0) is 10.0 Å². The third kappa shape index (κ3) is 2.52. The molecule has 0 amide bonds. The molecule has 1 aromatic rings. The van der Waals surface area contributed by atoms with Gasteiger partial charge < -0.3 is 5.32 Å². The minimum Gasteiger partial charge on any atom is -0.366 e. The second-order valence-electron chi connectivity index (χ2n) is 5.56. The van der Waals surface area contributed by atoms with Gasteiger partial charge in [0.05, 0.1) is 11.9 Å². The highest BCUT2D eigenvalue weighted by atomic mass is 32.2. The first-order valence-electron chi connectivity index (χ1n) is 7.10. The van der Waals surface area contributed by atoms with Gasteiger partial charge in [0.2, 0.25) is 10.0 Å². The Kier molecular flexibility index (Phi) is 3.64. The maximum Gasteiger partial charge on any atom is 0.213 e. The van der Waals surface area contributed by atoms with E-state index in [4.69, 9.17) is 0 Å². The lowest BCUT2D eigenvalue weighted by Gasteiger charge is -2.21. The summed E-state index contributed by atoms with van der Waals surface area (Å²) in [7, 11) is -3.06. The molecule has 2 aliphatic rings. The van der Waals surface area contributed by atoms with Crippen LogP contribution < -0.4 is 5.32 Å². The fraction of sp³-hybridized carbons (Fsp3) is 0.692. The van der Waals surface area contributed by atoms with Crippen LogP contribution in [0.3, 0.4) is 0 Å². The molecule has 0 aromatic carbocycles. The van der Waals surface area contributed by atoms with Crippen molar-refractivity contribution in [3.05, 3.63) is 18.6 Å². The summed E-state index contributed by atoms with van der Waals surface area (Å²) in [6.45, 7) is 3.02. The van der Waals surface area contributed by atoms with Gasteiger partial charge in [0.1, 0.15) is 5.82 Å². The van der Waals surface area contributed by atoms with E-state index in [9.17, 15) is 8.42 Å². The van der Waals surface area contributed by atoms with Crippen LogP contribution in [0, 0.1) is 11.8 Å². The topological polar surface area (TPSA) is 75.2 Å². The maximum atomic E-state index is 12.0. The van der Waals surface area contributed by atoms with Crippen molar-refractivity contribution >= 4 is 15.8 Å². The number of anilines is 1. The molecule has 1 aromatic heterocycles. The van der Waals surface area contributed by atoms with Crippen molar-refractivity contribution in [3.8, 4) is 0 Å². The molecule has 1 saturated carbocycles. The second kappa shape index (κ2) is 5.29. The third-order valence-corrected chi connectivity index (χ3v) is 6.29. The zero-order valence-corrected chi connectivity index (χ0v) is 12.4. The van der Waals surface area contributed by atoms with Gasteiger partial charge in [0.25, 0.3) is 0 Å². The predicted octanol–water partition coefficient (Wildman–Crippen LogP) is 0.949. The van der Waals surface area contributed by atoms with Crippen molar-refractivity contribution < 1.29 is 8.42 Å². The molecule has 0 bridgehead atoms. The van der Waals surface area contributed by atoms with Crippen LogP contribution in [0.5, 0.6) is 0 Å². The SMILES string of the molecule is CCS(=O)(=O)N1C[C@H]2CC[C@@H](Nc3cnccn3)[C@H]2C1. The van der Waals surface area contributed by atoms with Crippen molar-refractivity contribution in [2.75, 3.05) is 24.2 Å². The number of rotatable bonds is 4. The van der Waals surface area contributed by atoms with E-state index in [1.54, 1.807) is 29.8 Å². The highest BCUT2D eigenvalue weighted by molar-refractivity contribution is 7.89. The molecule has 3 atom stereocenters. The highest BCUT2D eigenvalue weighted by Gasteiger charge is 2.45. The summed E-state index contributed by atoms with van der Waals surface area (Å²) < 4.78 is 25.6. The van der Waals surface area contributed by atoms with Gasteiger partial charge in [-0.3, -0.25) is 4.98 Å². The van der Waals surface area contributed by atoms with Gasteiger partial charge in [-0.1, -0.05) is 0 Å². The molecule has 6 nitrogen and oxygen atoms in total.